The van der Waals surface area contributed by atoms with Gasteiger partial charge in [-0.3, -0.25) is 0 Å². The molecule has 3 heterocycles. The van der Waals surface area contributed by atoms with E-state index in [1.807, 2.05) is 133 Å². The number of rotatable bonds is 7. The normalized spacial score (nSPS) is 12.6. The Hall–Kier alpha value is -7.64. The first-order valence-corrected chi connectivity index (χ1v) is 19.3. The molecular weight excluding hydrogens is 713 g/mol. The molecule has 7 aromatic carbocycles. The summed E-state index contributed by atoms with van der Waals surface area (Å²) in [6, 6.07) is 61.1. The van der Waals surface area contributed by atoms with Crippen molar-refractivity contribution in [1.29, 1.82) is 0 Å². The zero-order valence-electron chi connectivity index (χ0n) is 31.9. The lowest BCUT2D eigenvalue weighted by Gasteiger charge is -2.35. The molecule has 7 nitrogen and oxygen atoms in total. The molecule has 0 amide bonds. The van der Waals surface area contributed by atoms with Gasteiger partial charge in [0.2, 0.25) is 0 Å². The van der Waals surface area contributed by atoms with Gasteiger partial charge in [0.25, 0.3) is 0 Å². The van der Waals surface area contributed by atoms with Gasteiger partial charge in [0.1, 0.15) is 11.5 Å². The molecule has 0 unspecified atom stereocenters. The van der Waals surface area contributed by atoms with E-state index in [1.165, 1.54) is 0 Å². The molecule has 0 atom stereocenters. The molecule has 0 fully saturated rings. The monoisotopic (exact) mass is 748 g/mol. The molecule has 0 radical (unpaired) electrons. The van der Waals surface area contributed by atoms with Crippen LogP contribution < -0.4 is 4.74 Å². The van der Waals surface area contributed by atoms with Gasteiger partial charge in [-0.15, -0.1) is 0 Å². The summed E-state index contributed by atoms with van der Waals surface area (Å²) in [6.45, 7) is 4.47. The third-order valence-electron chi connectivity index (χ3n) is 10.6. The Balaban J connectivity index is 1.07. The Morgan fingerprint density at radius 3 is 1.19 bits per heavy atom. The topological polar surface area (TPSA) is 86.6 Å². The highest BCUT2D eigenvalue weighted by Gasteiger charge is 2.36. The fourth-order valence-electron chi connectivity index (χ4n) is 7.60. The molecule has 0 saturated carbocycles. The number of nitrogens with zero attached hydrogens (tertiary/aromatic N) is 6. The summed E-state index contributed by atoms with van der Waals surface area (Å²) in [5.74, 6) is 5.12. The molecule has 2 aromatic heterocycles. The van der Waals surface area contributed by atoms with Crippen molar-refractivity contribution in [3.63, 3.8) is 0 Å². The van der Waals surface area contributed by atoms with Crippen molar-refractivity contribution in [1.82, 2.24) is 29.9 Å². The molecule has 7 heteroatoms. The lowest BCUT2D eigenvalue weighted by Crippen LogP contribution is -2.24. The molecule has 0 saturated heterocycles. The number of hydrogen-bond acceptors (Lipinski definition) is 7. The fourth-order valence-corrected chi connectivity index (χ4v) is 7.60. The van der Waals surface area contributed by atoms with E-state index < -0.39 is 0 Å². The first kappa shape index (κ1) is 34.8. The van der Waals surface area contributed by atoms with Gasteiger partial charge in [-0.25, -0.2) is 29.9 Å². The molecule has 9 aromatic rings. The largest absolute Gasteiger partial charge is 0.456 e. The van der Waals surface area contributed by atoms with Gasteiger partial charge in [-0.2, -0.15) is 0 Å². The van der Waals surface area contributed by atoms with Gasteiger partial charge < -0.3 is 4.74 Å². The maximum Gasteiger partial charge on any atom is 0.167 e. The summed E-state index contributed by atoms with van der Waals surface area (Å²) in [7, 11) is 0. The van der Waals surface area contributed by atoms with Crippen molar-refractivity contribution in [2.24, 2.45) is 0 Å². The van der Waals surface area contributed by atoms with E-state index in [0.717, 1.165) is 67.1 Å². The van der Waals surface area contributed by atoms with Gasteiger partial charge >= 0.3 is 0 Å². The van der Waals surface area contributed by atoms with E-state index in [0.29, 0.717) is 34.9 Å². The zero-order valence-corrected chi connectivity index (χ0v) is 31.9. The number of aromatic nitrogens is 6. The number of ether oxygens (including phenoxy) is 1. The smallest absolute Gasteiger partial charge is 0.167 e. The van der Waals surface area contributed by atoms with Crippen LogP contribution in [0.4, 0.5) is 0 Å². The van der Waals surface area contributed by atoms with Crippen molar-refractivity contribution in [3.8, 4) is 91.0 Å². The van der Waals surface area contributed by atoms with E-state index >= 15 is 0 Å². The van der Waals surface area contributed by atoms with Crippen LogP contribution in [-0.2, 0) is 5.41 Å². The minimum Gasteiger partial charge on any atom is -0.456 e. The van der Waals surface area contributed by atoms with Crippen LogP contribution in [0.3, 0.4) is 0 Å². The lowest BCUT2D eigenvalue weighted by molar-refractivity contribution is 0.419. The quantitative estimate of drug-likeness (QED) is 0.160. The predicted molar refractivity (Wildman–Crippen MR) is 230 cm³/mol. The van der Waals surface area contributed by atoms with E-state index in [4.69, 9.17) is 34.6 Å². The minimum absolute atomic E-state index is 0.283. The zero-order chi connectivity index (χ0) is 39.1. The van der Waals surface area contributed by atoms with Crippen molar-refractivity contribution >= 4 is 0 Å². The summed E-state index contributed by atoms with van der Waals surface area (Å²) < 4.78 is 6.66. The number of fused-ring (bicyclic) bond motifs is 2. The highest BCUT2D eigenvalue weighted by atomic mass is 16.5. The van der Waals surface area contributed by atoms with Crippen molar-refractivity contribution in [2.45, 2.75) is 19.3 Å². The molecule has 0 aliphatic carbocycles. The van der Waals surface area contributed by atoms with E-state index in [9.17, 15) is 0 Å². The highest BCUT2D eigenvalue weighted by molar-refractivity contribution is 5.78. The molecule has 58 heavy (non-hydrogen) atoms. The summed E-state index contributed by atoms with van der Waals surface area (Å²) in [4.78, 5) is 30.1. The first-order valence-electron chi connectivity index (χ1n) is 19.3. The second-order valence-corrected chi connectivity index (χ2v) is 14.8. The third kappa shape index (κ3) is 6.48. The maximum absolute atomic E-state index is 6.66. The van der Waals surface area contributed by atoms with Crippen LogP contribution in [0.2, 0.25) is 0 Å². The number of hydrogen-bond donors (Lipinski definition) is 0. The van der Waals surface area contributed by atoms with Gasteiger partial charge in [0.05, 0.1) is 5.56 Å². The summed E-state index contributed by atoms with van der Waals surface area (Å²) in [6.07, 6.45) is 0. The SMILES string of the molecule is CC1(C)c2ccccc2Oc2c(-c3nc(-c4ccccc4)nc(-c4cccc(-c5cccc(-c6nc(-c7ccccc7)nc(-c7ccccc7)n6)c5)c4)n3)cccc21. The van der Waals surface area contributed by atoms with Crippen LogP contribution in [0.5, 0.6) is 11.5 Å². The fraction of sp³-hybridized carbons (Fsp3) is 0.0588. The second-order valence-electron chi connectivity index (χ2n) is 14.8. The molecule has 0 bridgehead atoms. The van der Waals surface area contributed by atoms with Crippen molar-refractivity contribution in [3.05, 3.63) is 193 Å². The van der Waals surface area contributed by atoms with Crippen LogP contribution in [0.1, 0.15) is 25.0 Å². The van der Waals surface area contributed by atoms with Crippen LogP contribution >= 0.6 is 0 Å². The van der Waals surface area contributed by atoms with Gasteiger partial charge in [0, 0.05) is 44.4 Å². The van der Waals surface area contributed by atoms with Crippen molar-refractivity contribution in [2.75, 3.05) is 0 Å². The Morgan fingerprint density at radius 2 is 0.690 bits per heavy atom. The Morgan fingerprint density at radius 1 is 0.328 bits per heavy atom. The summed E-state index contributed by atoms with van der Waals surface area (Å²) in [5.41, 5.74) is 9.25. The molecular formula is C51H36N6O. The first-order chi connectivity index (χ1) is 28.5. The molecule has 1 aliphatic heterocycles. The summed E-state index contributed by atoms with van der Waals surface area (Å²) in [5, 5.41) is 0. The molecule has 0 N–H and O–H groups in total. The Bertz CT molecular complexity index is 2890. The average molecular weight is 749 g/mol. The molecule has 276 valence electrons. The van der Waals surface area contributed by atoms with Crippen LogP contribution in [-0.4, -0.2) is 29.9 Å². The Labute approximate surface area is 336 Å². The molecule has 1 aliphatic rings. The Kier molecular flexibility index (Phi) is 8.68. The van der Waals surface area contributed by atoms with Crippen LogP contribution in [0.25, 0.3) is 79.5 Å². The highest BCUT2D eigenvalue weighted by Crippen LogP contribution is 2.50. The maximum atomic E-state index is 6.66. The van der Waals surface area contributed by atoms with E-state index in [-0.39, 0.29) is 5.41 Å². The standard InChI is InChI=1S/C51H36N6O/c1-51(2)41-28-12-13-30-43(41)58-44-40(27-16-29-42(44)51)50-56-47(35-21-10-5-11-22-35)55-49(57-50)39-26-15-24-37(32-39)36-23-14-25-38(31-36)48-53-45(33-17-6-3-7-18-33)52-46(54-48)34-19-8-4-9-20-34/h3-32H,1-2H3. The lowest BCUT2D eigenvalue weighted by atomic mass is 9.75. The third-order valence-corrected chi connectivity index (χ3v) is 10.6. The van der Waals surface area contributed by atoms with E-state index in [2.05, 4.69) is 62.4 Å². The van der Waals surface area contributed by atoms with Crippen LogP contribution in [0.15, 0.2) is 182 Å². The number of benzene rings is 7. The average Bonchev–Trinajstić information content (AvgIpc) is 3.29. The van der Waals surface area contributed by atoms with Crippen LogP contribution in [0, 0.1) is 0 Å². The van der Waals surface area contributed by atoms with Gasteiger partial charge in [0.15, 0.2) is 34.9 Å². The minimum atomic E-state index is -0.283. The predicted octanol–water partition coefficient (Wildman–Crippen LogP) is 12.2. The van der Waals surface area contributed by atoms with Gasteiger partial charge in [-0.05, 0) is 35.4 Å². The van der Waals surface area contributed by atoms with Gasteiger partial charge in [-0.1, -0.05) is 172 Å². The number of para-hydroxylation sites is 2. The summed E-state index contributed by atoms with van der Waals surface area (Å²) >= 11 is 0. The van der Waals surface area contributed by atoms with E-state index in [1.54, 1.807) is 0 Å². The van der Waals surface area contributed by atoms with Crippen molar-refractivity contribution < 1.29 is 4.74 Å². The second kappa shape index (κ2) is 14.5. The molecule has 0 spiro atoms. The molecule has 10 rings (SSSR count).